The van der Waals surface area contributed by atoms with E-state index in [4.69, 9.17) is 4.74 Å². The second-order valence-electron chi connectivity index (χ2n) is 5.36. The molecule has 0 radical (unpaired) electrons. The summed E-state index contributed by atoms with van der Waals surface area (Å²) in [6, 6.07) is 12.9. The summed E-state index contributed by atoms with van der Waals surface area (Å²) in [6.45, 7) is 5.25. The van der Waals surface area contributed by atoms with Gasteiger partial charge in [0.25, 0.3) is 0 Å². The maximum atomic E-state index is 13.8. The van der Waals surface area contributed by atoms with Gasteiger partial charge in [-0.1, -0.05) is 30.0 Å². The van der Waals surface area contributed by atoms with E-state index < -0.39 is 5.82 Å². The Bertz CT molecular complexity index is 1080. The molecule has 0 saturated heterocycles. The molecule has 1 N–H and O–H groups in total. The number of para-hydroxylation sites is 1. The average molecular weight is 379 g/mol. The van der Waals surface area contributed by atoms with Crippen LogP contribution >= 0.6 is 11.3 Å². The number of nitrogens with zero attached hydrogens (tertiary/aromatic N) is 3. The fourth-order valence-corrected chi connectivity index (χ4v) is 3.30. The lowest BCUT2D eigenvalue weighted by molar-refractivity contribution is 0.441. The Labute approximate surface area is 159 Å². The first-order valence-electron chi connectivity index (χ1n) is 7.88. The lowest BCUT2D eigenvalue weighted by atomic mass is 10.1. The molecule has 7 heteroatoms. The van der Waals surface area contributed by atoms with Crippen molar-refractivity contribution in [3.63, 3.8) is 0 Å². The van der Waals surface area contributed by atoms with Gasteiger partial charge < -0.3 is 9.84 Å². The number of aliphatic hydroxyl groups excluding tert-OH is 1. The van der Waals surface area contributed by atoms with Gasteiger partial charge in [0.15, 0.2) is 11.6 Å². The van der Waals surface area contributed by atoms with E-state index in [0.29, 0.717) is 21.3 Å². The summed E-state index contributed by atoms with van der Waals surface area (Å²) < 4.78 is 19.3. The standard InChI is InChI=1S/C20H14FN3O2S/c1-3-23-20-18(12(2)25)24-19(27-20)13-8-9-16(14(10-13)11-22)26-17-7-5-4-6-15(17)21/h3-10,25H,2H2,1H3. The van der Waals surface area contributed by atoms with Gasteiger partial charge >= 0.3 is 0 Å². The van der Waals surface area contributed by atoms with Crippen LogP contribution in [0.2, 0.25) is 0 Å². The van der Waals surface area contributed by atoms with Gasteiger partial charge in [-0.3, -0.25) is 0 Å². The highest BCUT2D eigenvalue weighted by Crippen LogP contribution is 2.38. The van der Waals surface area contributed by atoms with E-state index >= 15 is 0 Å². The van der Waals surface area contributed by atoms with Crippen molar-refractivity contribution in [3.8, 4) is 28.1 Å². The van der Waals surface area contributed by atoms with Crippen LogP contribution in [0.1, 0.15) is 18.2 Å². The SMILES string of the molecule is C=C(O)c1nc(-c2ccc(Oc3ccccc3F)c(C#N)c2)sc1N=CC. The Kier molecular flexibility index (Phi) is 5.29. The first kappa shape index (κ1) is 18.3. The summed E-state index contributed by atoms with van der Waals surface area (Å²) in [5.74, 6) is -0.424. The van der Waals surface area contributed by atoms with Crippen LogP contribution in [0, 0.1) is 17.1 Å². The molecule has 27 heavy (non-hydrogen) atoms. The number of thiazole rings is 1. The second-order valence-corrected chi connectivity index (χ2v) is 6.34. The van der Waals surface area contributed by atoms with Crippen LogP contribution in [0.15, 0.2) is 54.0 Å². The van der Waals surface area contributed by atoms with Crippen molar-refractivity contribution in [2.75, 3.05) is 0 Å². The van der Waals surface area contributed by atoms with E-state index in [9.17, 15) is 14.8 Å². The molecule has 0 bridgehead atoms. The zero-order valence-corrected chi connectivity index (χ0v) is 15.1. The smallest absolute Gasteiger partial charge is 0.165 e. The number of nitriles is 1. The van der Waals surface area contributed by atoms with Crippen LogP contribution in [0.5, 0.6) is 11.5 Å². The predicted octanol–water partition coefficient (Wildman–Crippen LogP) is 5.86. The summed E-state index contributed by atoms with van der Waals surface area (Å²) in [7, 11) is 0. The van der Waals surface area contributed by atoms with E-state index in [1.807, 2.05) is 6.07 Å². The fraction of sp³-hybridized carbons (Fsp3) is 0.0500. The Morgan fingerprint density at radius 2 is 2.11 bits per heavy atom. The highest BCUT2D eigenvalue weighted by Gasteiger charge is 2.16. The largest absolute Gasteiger partial charge is 0.506 e. The zero-order chi connectivity index (χ0) is 19.4. The summed E-state index contributed by atoms with van der Waals surface area (Å²) in [4.78, 5) is 8.53. The zero-order valence-electron chi connectivity index (χ0n) is 14.3. The molecule has 0 saturated carbocycles. The third-order valence-corrected chi connectivity index (χ3v) is 4.54. The minimum Gasteiger partial charge on any atom is -0.506 e. The van der Waals surface area contributed by atoms with Gasteiger partial charge in [-0.25, -0.2) is 14.4 Å². The van der Waals surface area contributed by atoms with E-state index in [2.05, 4.69) is 16.6 Å². The Morgan fingerprint density at radius 3 is 2.78 bits per heavy atom. The first-order valence-corrected chi connectivity index (χ1v) is 8.69. The predicted molar refractivity (Wildman–Crippen MR) is 104 cm³/mol. The van der Waals surface area contributed by atoms with Crippen LogP contribution in [0.3, 0.4) is 0 Å². The third kappa shape index (κ3) is 3.86. The Morgan fingerprint density at radius 1 is 1.33 bits per heavy atom. The number of aromatic nitrogens is 1. The van der Waals surface area contributed by atoms with Gasteiger partial charge in [0.2, 0.25) is 0 Å². The van der Waals surface area contributed by atoms with Gasteiger partial charge in [0, 0.05) is 11.8 Å². The number of hydrogen-bond acceptors (Lipinski definition) is 6. The van der Waals surface area contributed by atoms with Crippen LogP contribution in [0.4, 0.5) is 9.39 Å². The fourth-order valence-electron chi connectivity index (χ4n) is 2.31. The van der Waals surface area contributed by atoms with Crippen LogP contribution < -0.4 is 4.74 Å². The minimum atomic E-state index is -0.515. The molecule has 134 valence electrons. The average Bonchev–Trinajstić information content (AvgIpc) is 3.08. The van der Waals surface area contributed by atoms with Gasteiger partial charge in [-0.15, -0.1) is 0 Å². The van der Waals surface area contributed by atoms with Crippen molar-refractivity contribution in [1.29, 1.82) is 5.26 Å². The molecule has 0 aliphatic rings. The molecule has 0 fully saturated rings. The number of rotatable bonds is 5. The minimum absolute atomic E-state index is 0.0365. The molecular formula is C20H14FN3O2S. The quantitative estimate of drug-likeness (QED) is 0.444. The molecule has 2 aromatic carbocycles. The van der Waals surface area contributed by atoms with Gasteiger partial charge in [-0.2, -0.15) is 5.26 Å². The van der Waals surface area contributed by atoms with Crippen molar-refractivity contribution in [3.05, 3.63) is 66.1 Å². The molecule has 0 spiro atoms. The Hall–Kier alpha value is -3.50. The third-order valence-electron chi connectivity index (χ3n) is 3.53. The second kappa shape index (κ2) is 7.81. The summed E-state index contributed by atoms with van der Waals surface area (Å²) in [5.41, 5.74) is 1.17. The van der Waals surface area contributed by atoms with Crippen LogP contribution in [0.25, 0.3) is 16.3 Å². The first-order chi connectivity index (χ1) is 13.0. The van der Waals surface area contributed by atoms with Crippen molar-refractivity contribution in [2.45, 2.75) is 6.92 Å². The van der Waals surface area contributed by atoms with Crippen molar-refractivity contribution in [1.82, 2.24) is 4.98 Å². The molecular weight excluding hydrogens is 365 g/mol. The van der Waals surface area contributed by atoms with E-state index in [0.717, 1.165) is 0 Å². The molecule has 1 aromatic heterocycles. The van der Waals surface area contributed by atoms with Crippen LogP contribution in [-0.4, -0.2) is 16.3 Å². The lowest BCUT2D eigenvalue weighted by Crippen LogP contribution is -1.92. The van der Waals surface area contributed by atoms with Crippen molar-refractivity contribution >= 4 is 28.3 Å². The van der Waals surface area contributed by atoms with Crippen molar-refractivity contribution < 1.29 is 14.2 Å². The highest BCUT2D eigenvalue weighted by atomic mass is 32.1. The molecule has 3 rings (SSSR count). The molecule has 0 aliphatic carbocycles. The summed E-state index contributed by atoms with van der Waals surface area (Å²) in [6.07, 6.45) is 1.59. The van der Waals surface area contributed by atoms with E-state index in [1.54, 1.807) is 43.5 Å². The molecule has 1 heterocycles. The molecule has 0 aliphatic heterocycles. The van der Waals surface area contributed by atoms with E-state index in [1.165, 1.54) is 23.5 Å². The molecule has 5 nitrogen and oxygen atoms in total. The number of aliphatic imine (C=N–C) groups is 1. The summed E-state index contributed by atoms with van der Waals surface area (Å²) in [5, 5.41) is 20.2. The van der Waals surface area contributed by atoms with Gasteiger partial charge in [0.1, 0.15) is 33.3 Å². The molecule has 3 aromatic rings. The normalized spacial score (nSPS) is 10.7. The van der Waals surface area contributed by atoms with E-state index in [-0.39, 0.29) is 22.8 Å². The van der Waals surface area contributed by atoms with Gasteiger partial charge in [-0.05, 0) is 37.3 Å². The number of aliphatic hydroxyl groups is 1. The maximum Gasteiger partial charge on any atom is 0.165 e. The number of hydrogen-bond donors (Lipinski definition) is 1. The monoisotopic (exact) mass is 379 g/mol. The summed E-state index contributed by atoms with van der Waals surface area (Å²) >= 11 is 1.26. The molecule has 0 atom stereocenters. The van der Waals surface area contributed by atoms with Crippen molar-refractivity contribution in [2.24, 2.45) is 4.99 Å². The maximum absolute atomic E-state index is 13.8. The molecule has 0 amide bonds. The van der Waals surface area contributed by atoms with Crippen LogP contribution in [-0.2, 0) is 0 Å². The highest BCUT2D eigenvalue weighted by molar-refractivity contribution is 7.19. The topological polar surface area (TPSA) is 78.5 Å². The Balaban J connectivity index is 2.00. The van der Waals surface area contributed by atoms with Gasteiger partial charge in [0.05, 0.1) is 5.56 Å². The lowest BCUT2D eigenvalue weighted by Gasteiger charge is -2.09. The number of ether oxygens (including phenoxy) is 1. The number of benzene rings is 2. The molecule has 0 unspecified atom stereocenters. The number of halogens is 1.